The number of halogens is 3. The number of urea groups is 1. The molecule has 1 N–H and O–H groups in total. The van der Waals surface area contributed by atoms with E-state index in [-0.39, 0.29) is 18.4 Å². The summed E-state index contributed by atoms with van der Waals surface area (Å²) in [4.78, 5) is 18.6. The van der Waals surface area contributed by atoms with Gasteiger partial charge in [0.2, 0.25) is 0 Å². The van der Waals surface area contributed by atoms with Crippen molar-refractivity contribution >= 4 is 47.3 Å². The molecule has 1 saturated carbocycles. The SMILES string of the molecule is CNC(=O)N(C)[C@H]1CC[C@H](CCN2CCN(c3cccc(Cl)c3Cl)CC2)CC1.Cl. The molecule has 164 valence electrons. The van der Waals surface area contributed by atoms with E-state index in [4.69, 9.17) is 23.2 Å². The van der Waals surface area contributed by atoms with Crippen molar-refractivity contribution < 1.29 is 4.79 Å². The molecule has 1 aliphatic carbocycles. The zero-order chi connectivity index (χ0) is 20.1. The molecule has 0 atom stereocenters. The predicted molar refractivity (Wildman–Crippen MR) is 125 cm³/mol. The van der Waals surface area contributed by atoms with Crippen molar-refractivity contribution in [2.75, 3.05) is 51.7 Å². The van der Waals surface area contributed by atoms with Gasteiger partial charge >= 0.3 is 6.03 Å². The number of hydrogen-bond acceptors (Lipinski definition) is 3. The predicted octanol–water partition coefficient (Wildman–Crippen LogP) is 4.76. The molecule has 2 aliphatic rings. The van der Waals surface area contributed by atoms with Crippen molar-refractivity contribution in [2.45, 2.75) is 38.1 Å². The van der Waals surface area contributed by atoms with Gasteiger partial charge in [-0.25, -0.2) is 4.79 Å². The summed E-state index contributed by atoms with van der Waals surface area (Å²) >= 11 is 12.5. The summed E-state index contributed by atoms with van der Waals surface area (Å²) in [6.45, 7) is 5.28. The summed E-state index contributed by atoms with van der Waals surface area (Å²) in [5, 5.41) is 4.01. The number of anilines is 1. The lowest BCUT2D eigenvalue weighted by Gasteiger charge is -2.38. The minimum absolute atomic E-state index is 0. The average Bonchev–Trinajstić information content (AvgIpc) is 2.74. The maximum Gasteiger partial charge on any atom is 0.317 e. The Hall–Kier alpha value is -0.880. The van der Waals surface area contributed by atoms with E-state index in [2.05, 4.69) is 21.2 Å². The van der Waals surface area contributed by atoms with Crippen LogP contribution in [0.1, 0.15) is 32.1 Å². The van der Waals surface area contributed by atoms with Gasteiger partial charge in [-0.2, -0.15) is 0 Å². The molecule has 0 unspecified atom stereocenters. The number of carbonyl (C=O) groups excluding carboxylic acids is 1. The second-order valence-corrected chi connectivity index (χ2v) is 8.82. The monoisotopic (exact) mass is 462 g/mol. The van der Waals surface area contributed by atoms with Crippen LogP contribution in [0.4, 0.5) is 10.5 Å². The van der Waals surface area contributed by atoms with Gasteiger partial charge in [-0.1, -0.05) is 29.3 Å². The van der Waals surface area contributed by atoms with Crippen LogP contribution >= 0.6 is 35.6 Å². The van der Waals surface area contributed by atoms with Gasteiger partial charge in [-0.15, -0.1) is 12.4 Å². The number of nitrogens with one attached hydrogen (secondary N) is 1. The van der Waals surface area contributed by atoms with Crippen molar-refractivity contribution in [3.63, 3.8) is 0 Å². The molecule has 5 nitrogen and oxygen atoms in total. The number of rotatable bonds is 5. The number of nitrogens with zero attached hydrogens (tertiary/aromatic N) is 3. The molecule has 1 aromatic carbocycles. The Morgan fingerprint density at radius 3 is 2.41 bits per heavy atom. The van der Waals surface area contributed by atoms with E-state index < -0.39 is 0 Å². The summed E-state index contributed by atoms with van der Waals surface area (Å²) in [5.41, 5.74) is 1.05. The first-order valence-electron chi connectivity index (χ1n) is 10.4. The zero-order valence-corrected chi connectivity index (χ0v) is 19.7. The van der Waals surface area contributed by atoms with Gasteiger partial charge in [0, 0.05) is 46.3 Å². The summed E-state index contributed by atoms with van der Waals surface area (Å²) in [7, 11) is 3.61. The Morgan fingerprint density at radius 1 is 1.14 bits per heavy atom. The van der Waals surface area contributed by atoms with E-state index in [9.17, 15) is 4.79 Å². The maximum absolute atomic E-state index is 11.8. The summed E-state index contributed by atoms with van der Waals surface area (Å²) in [6, 6.07) is 6.28. The number of carbonyl (C=O) groups is 1. The minimum Gasteiger partial charge on any atom is -0.368 e. The molecule has 0 spiro atoms. The van der Waals surface area contributed by atoms with Crippen LogP contribution in [-0.2, 0) is 0 Å². The van der Waals surface area contributed by atoms with Crippen LogP contribution in [0.25, 0.3) is 0 Å². The molecule has 8 heteroatoms. The van der Waals surface area contributed by atoms with Crippen LogP contribution < -0.4 is 10.2 Å². The Labute approximate surface area is 191 Å². The van der Waals surface area contributed by atoms with Crippen molar-refractivity contribution in [3.8, 4) is 0 Å². The first kappa shape index (κ1) is 24.4. The van der Waals surface area contributed by atoms with Crippen LogP contribution in [0, 0.1) is 5.92 Å². The topological polar surface area (TPSA) is 38.8 Å². The summed E-state index contributed by atoms with van der Waals surface area (Å²) in [6.07, 6.45) is 5.95. The van der Waals surface area contributed by atoms with E-state index >= 15 is 0 Å². The van der Waals surface area contributed by atoms with Crippen LogP contribution in [0.15, 0.2) is 18.2 Å². The van der Waals surface area contributed by atoms with Gasteiger partial charge in [0.05, 0.1) is 15.7 Å². The number of hydrogen-bond donors (Lipinski definition) is 1. The summed E-state index contributed by atoms with van der Waals surface area (Å²) < 4.78 is 0. The standard InChI is InChI=1S/C21H32Cl2N4O.ClH/c1-24-21(28)25(2)17-8-6-16(7-9-17)10-11-26-12-14-27(15-13-26)19-5-3-4-18(22)20(19)23;/h3-5,16-17H,6-15H2,1-2H3,(H,24,28);1H/t16-,17-;. The van der Waals surface area contributed by atoms with Crippen LogP contribution in [0.2, 0.25) is 10.0 Å². The van der Waals surface area contributed by atoms with E-state index in [1.165, 1.54) is 19.3 Å². The normalized spacial score (nSPS) is 22.7. The third kappa shape index (κ3) is 6.30. The highest BCUT2D eigenvalue weighted by Gasteiger charge is 2.27. The Kier molecular flexibility index (Phi) is 9.67. The Bertz CT molecular complexity index is 659. The second-order valence-electron chi connectivity index (χ2n) is 8.03. The third-order valence-corrected chi connectivity index (χ3v) is 7.20. The molecule has 1 heterocycles. The first-order chi connectivity index (χ1) is 13.5. The lowest BCUT2D eigenvalue weighted by Crippen LogP contribution is -2.47. The molecule has 3 rings (SSSR count). The molecule has 1 saturated heterocycles. The molecule has 2 fully saturated rings. The molecule has 0 bridgehead atoms. The number of piperazine rings is 1. The highest BCUT2D eigenvalue weighted by molar-refractivity contribution is 6.43. The lowest BCUT2D eigenvalue weighted by atomic mass is 9.83. The first-order valence-corrected chi connectivity index (χ1v) is 11.1. The molecule has 0 aromatic heterocycles. The molecule has 2 amide bonds. The van der Waals surface area contributed by atoms with Gasteiger partial charge in [0.1, 0.15) is 0 Å². The molecule has 0 radical (unpaired) electrons. The zero-order valence-electron chi connectivity index (χ0n) is 17.4. The number of benzene rings is 1. The maximum atomic E-state index is 11.8. The van der Waals surface area contributed by atoms with Gasteiger partial charge in [0.25, 0.3) is 0 Å². The smallest absolute Gasteiger partial charge is 0.317 e. The van der Waals surface area contributed by atoms with Gasteiger partial charge < -0.3 is 15.1 Å². The highest BCUT2D eigenvalue weighted by Crippen LogP contribution is 2.33. The van der Waals surface area contributed by atoms with E-state index in [0.717, 1.165) is 57.2 Å². The van der Waals surface area contributed by atoms with Gasteiger partial charge in [-0.3, -0.25) is 4.90 Å². The van der Waals surface area contributed by atoms with E-state index in [1.807, 2.05) is 24.1 Å². The molecular weight excluding hydrogens is 431 g/mol. The van der Waals surface area contributed by atoms with Crippen LogP contribution in [0.3, 0.4) is 0 Å². The van der Waals surface area contributed by atoms with Crippen molar-refractivity contribution in [2.24, 2.45) is 5.92 Å². The fourth-order valence-corrected chi connectivity index (χ4v) is 4.89. The largest absolute Gasteiger partial charge is 0.368 e. The molecular formula is C21H33Cl3N4O. The minimum atomic E-state index is 0. The van der Waals surface area contributed by atoms with Crippen LogP contribution in [0.5, 0.6) is 0 Å². The lowest BCUT2D eigenvalue weighted by molar-refractivity contribution is 0.153. The van der Waals surface area contributed by atoms with Crippen LogP contribution in [-0.4, -0.2) is 68.7 Å². The van der Waals surface area contributed by atoms with Crippen molar-refractivity contribution in [1.29, 1.82) is 0 Å². The second kappa shape index (κ2) is 11.5. The van der Waals surface area contributed by atoms with Gasteiger partial charge in [-0.05, 0) is 56.7 Å². The average molecular weight is 464 g/mol. The fraction of sp³-hybridized carbons (Fsp3) is 0.667. The quantitative estimate of drug-likeness (QED) is 0.684. The van der Waals surface area contributed by atoms with E-state index in [0.29, 0.717) is 16.1 Å². The summed E-state index contributed by atoms with van der Waals surface area (Å²) in [5.74, 6) is 0.787. The molecule has 1 aliphatic heterocycles. The molecule has 29 heavy (non-hydrogen) atoms. The Balaban J connectivity index is 0.00000300. The fourth-order valence-electron chi connectivity index (χ4n) is 4.48. The molecule has 1 aromatic rings. The third-order valence-electron chi connectivity index (χ3n) is 6.40. The Morgan fingerprint density at radius 2 is 1.79 bits per heavy atom. The number of amides is 2. The highest BCUT2D eigenvalue weighted by atomic mass is 35.5. The van der Waals surface area contributed by atoms with Crippen molar-refractivity contribution in [1.82, 2.24) is 15.1 Å². The van der Waals surface area contributed by atoms with Gasteiger partial charge in [0.15, 0.2) is 0 Å². The van der Waals surface area contributed by atoms with E-state index in [1.54, 1.807) is 7.05 Å². The van der Waals surface area contributed by atoms with Crippen molar-refractivity contribution in [3.05, 3.63) is 28.2 Å².